The maximum absolute atomic E-state index is 6.06. The Bertz CT molecular complexity index is 503. The second kappa shape index (κ2) is 6.12. The van der Waals surface area contributed by atoms with E-state index < -0.39 is 0 Å². The van der Waals surface area contributed by atoms with Gasteiger partial charge in [0.25, 0.3) is 0 Å². The molecule has 1 aromatic carbocycles. The number of hydrogen-bond donors (Lipinski definition) is 1. The quantitative estimate of drug-likeness (QED) is 0.834. The molecule has 116 valence electrons. The van der Waals surface area contributed by atoms with Crippen molar-refractivity contribution in [1.29, 1.82) is 0 Å². The van der Waals surface area contributed by atoms with Crippen molar-refractivity contribution < 1.29 is 14.2 Å². The Balaban J connectivity index is 1.88. The van der Waals surface area contributed by atoms with Gasteiger partial charge in [0.05, 0.1) is 7.11 Å². The van der Waals surface area contributed by atoms with Crippen molar-refractivity contribution in [2.45, 2.75) is 25.8 Å². The third-order valence-corrected chi connectivity index (χ3v) is 4.33. The molecule has 2 N–H and O–H groups in total. The highest BCUT2D eigenvalue weighted by molar-refractivity contribution is 5.55. The van der Waals surface area contributed by atoms with Crippen molar-refractivity contribution in [3.05, 3.63) is 17.7 Å². The summed E-state index contributed by atoms with van der Waals surface area (Å²) in [5.74, 6) is 3.02. The highest BCUT2D eigenvalue weighted by atomic mass is 16.7. The van der Waals surface area contributed by atoms with E-state index in [9.17, 15) is 0 Å². The van der Waals surface area contributed by atoms with Crippen LogP contribution in [0.5, 0.6) is 17.2 Å². The van der Waals surface area contributed by atoms with Crippen LogP contribution in [0.3, 0.4) is 0 Å². The van der Waals surface area contributed by atoms with Crippen molar-refractivity contribution >= 4 is 0 Å². The Morgan fingerprint density at radius 3 is 2.81 bits per heavy atom. The summed E-state index contributed by atoms with van der Waals surface area (Å²) < 4.78 is 16.4. The number of likely N-dealkylation sites (N-methyl/N-ethyl adjacent to an activating group) is 1. The molecule has 0 spiro atoms. The van der Waals surface area contributed by atoms with E-state index in [0.717, 1.165) is 36.1 Å². The molecule has 21 heavy (non-hydrogen) atoms. The predicted molar refractivity (Wildman–Crippen MR) is 80.9 cm³/mol. The molecule has 0 saturated heterocycles. The van der Waals surface area contributed by atoms with E-state index in [2.05, 4.69) is 11.8 Å². The van der Waals surface area contributed by atoms with Gasteiger partial charge in [-0.3, -0.25) is 4.90 Å². The predicted octanol–water partition coefficient (Wildman–Crippen LogP) is 2.16. The minimum absolute atomic E-state index is 0.194. The maximum atomic E-state index is 6.06. The second-order valence-electron chi connectivity index (χ2n) is 5.74. The zero-order chi connectivity index (χ0) is 14.8. The van der Waals surface area contributed by atoms with Crippen molar-refractivity contribution in [3.8, 4) is 17.2 Å². The highest BCUT2D eigenvalue weighted by Crippen LogP contribution is 2.44. The van der Waals surface area contributed by atoms with Crippen LogP contribution < -0.4 is 19.9 Å². The van der Waals surface area contributed by atoms with Gasteiger partial charge >= 0.3 is 0 Å². The van der Waals surface area contributed by atoms with Crippen LogP contribution in [0.1, 0.15) is 31.4 Å². The van der Waals surface area contributed by atoms with Crippen molar-refractivity contribution in [1.82, 2.24) is 4.90 Å². The average Bonchev–Trinajstić information content (AvgIpc) is 3.20. The number of methoxy groups -OCH3 is 1. The summed E-state index contributed by atoms with van der Waals surface area (Å²) in [6, 6.07) is 4.26. The van der Waals surface area contributed by atoms with E-state index in [1.54, 1.807) is 7.11 Å². The largest absolute Gasteiger partial charge is 0.493 e. The fraction of sp³-hybridized carbons (Fsp3) is 0.625. The number of ether oxygens (including phenoxy) is 3. The first-order chi connectivity index (χ1) is 10.3. The summed E-state index contributed by atoms with van der Waals surface area (Å²) in [5.41, 5.74) is 7.20. The van der Waals surface area contributed by atoms with Gasteiger partial charge in [-0.25, -0.2) is 0 Å². The van der Waals surface area contributed by atoms with Gasteiger partial charge in [0.15, 0.2) is 11.5 Å². The molecule has 0 amide bonds. The van der Waals surface area contributed by atoms with Gasteiger partial charge in [0.1, 0.15) is 0 Å². The van der Waals surface area contributed by atoms with E-state index in [4.69, 9.17) is 19.9 Å². The Morgan fingerprint density at radius 1 is 1.38 bits per heavy atom. The van der Waals surface area contributed by atoms with Crippen LogP contribution in [-0.2, 0) is 0 Å². The van der Waals surface area contributed by atoms with Gasteiger partial charge in [-0.15, -0.1) is 0 Å². The Hall–Kier alpha value is -1.46. The lowest BCUT2D eigenvalue weighted by Gasteiger charge is -2.30. The first-order valence-corrected chi connectivity index (χ1v) is 7.68. The molecule has 0 aromatic heterocycles. The number of nitrogens with two attached hydrogens (primary N) is 1. The molecule has 1 atom stereocenters. The van der Waals surface area contributed by atoms with Gasteiger partial charge in [-0.05, 0) is 43.0 Å². The Morgan fingerprint density at radius 2 is 2.19 bits per heavy atom. The van der Waals surface area contributed by atoms with Crippen LogP contribution in [0.15, 0.2) is 12.1 Å². The summed E-state index contributed by atoms with van der Waals surface area (Å²) in [4.78, 5) is 2.45. The third-order valence-electron chi connectivity index (χ3n) is 4.33. The Labute approximate surface area is 126 Å². The van der Waals surface area contributed by atoms with Crippen molar-refractivity contribution in [3.63, 3.8) is 0 Å². The van der Waals surface area contributed by atoms with Crippen molar-refractivity contribution in [2.24, 2.45) is 11.7 Å². The zero-order valence-electron chi connectivity index (χ0n) is 12.8. The molecule has 1 unspecified atom stereocenters. The van der Waals surface area contributed by atoms with Gasteiger partial charge in [-0.1, -0.05) is 6.92 Å². The van der Waals surface area contributed by atoms with Crippen LogP contribution in [0.25, 0.3) is 0 Å². The molecule has 0 radical (unpaired) electrons. The summed E-state index contributed by atoms with van der Waals surface area (Å²) >= 11 is 0. The molecule has 5 heteroatoms. The third kappa shape index (κ3) is 2.94. The van der Waals surface area contributed by atoms with E-state index in [-0.39, 0.29) is 12.8 Å². The topological polar surface area (TPSA) is 57.0 Å². The second-order valence-corrected chi connectivity index (χ2v) is 5.74. The molecule has 3 rings (SSSR count). The first kappa shape index (κ1) is 14.5. The van der Waals surface area contributed by atoms with Crippen LogP contribution >= 0.6 is 0 Å². The van der Waals surface area contributed by atoms with Crippen LogP contribution in [0.4, 0.5) is 0 Å². The molecule has 1 saturated carbocycles. The SMILES string of the molecule is CCN(CC1CC1)C(CN)c1cc(OC)c2c(c1)OCO2. The number of fused-ring (bicyclic) bond motifs is 1. The fourth-order valence-electron chi connectivity index (χ4n) is 2.95. The Kier molecular flexibility index (Phi) is 4.22. The number of nitrogens with zero attached hydrogens (tertiary/aromatic N) is 1. The van der Waals surface area contributed by atoms with E-state index in [0.29, 0.717) is 12.3 Å². The molecule has 2 aliphatic rings. The van der Waals surface area contributed by atoms with E-state index >= 15 is 0 Å². The van der Waals surface area contributed by atoms with E-state index in [1.165, 1.54) is 12.8 Å². The van der Waals surface area contributed by atoms with Gasteiger partial charge in [0, 0.05) is 19.1 Å². The molecule has 1 aliphatic heterocycles. The summed E-state index contributed by atoms with van der Waals surface area (Å²) in [7, 11) is 1.65. The van der Waals surface area contributed by atoms with Crippen molar-refractivity contribution in [2.75, 3.05) is 33.5 Å². The van der Waals surface area contributed by atoms with Crippen LogP contribution in [-0.4, -0.2) is 38.4 Å². The molecule has 0 bridgehead atoms. The lowest BCUT2D eigenvalue weighted by atomic mass is 10.0. The standard InChI is InChI=1S/C16H24N2O3/c1-3-18(9-11-4-5-11)13(8-17)12-6-14(19-2)16-15(7-12)20-10-21-16/h6-7,11,13H,3-5,8-10,17H2,1-2H3. The maximum Gasteiger partial charge on any atom is 0.231 e. The minimum Gasteiger partial charge on any atom is -0.493 e. The molecule has 1 aromatic rings. The normalized spacial score (nSPS) is 18.1. The smallest absolute Gasteiger partial charge is 0.231 e. The zero-order valence-corrected chi connectivity index (χ0v) is 12.8. The molecular formula is C16H24N2O3. The lowest BCUT2D eigenvalue weighted by Crippen LogP contribution is -2.35. The number of rotatable bonds is 7. The minimum atomic E-state index is 0.194. The fourth-order valence-corrected chi connectivity index (χ4v) is 2.95. The summed E-state index contributed by atoms with van der Waals surface area (Å²) in [5, 5.41) is 0. The monoisotopic (exact) mass is 292 g/mol. The summed E-state index contributed by atoms with van der Waals surface area (Å²) in [6.45, 7) is 5.14. The van der Waals surface area contributed by atoms with Gasteiger partial charge in [-0.2, -0.15) is 0 Å². The van der Waals surface area contributed by atoms with Gasteiger partial charge < -0.3 is 19.9 Å². The number of hydrogen-bond acceptors (Lipinski definition) is 5. The number of benzene rings is 1. The average molecular weight is 292 g/mol. The van der Waals surface area contributed by atoms with Crippen LogP contribution in [0.2, 0.25) is 0 Å². The molecule has 1 heterocycles. The first-order valence-electron chi connectivity index (χ1n) is 7.68. The van der Waals surface area contributed by atoms with Crippen LogP contribution in [0, 0.1) is 5.92 Å². The molecule has 1 aliphatic carbocycles. The summed E-state index contributed by atoms with van der Waals surface area (Å²) in [6.07, 6.45) is 2.69. The lowest BCUT2D eigenvalue weighted by molar-refractivity contribution is 0.171. The van der Waals surface area contributed by atoms with Gasteiger partial charge in [0.2, 0.25) is 12.5 Å². The van der Waals surface area contributed by atoms with E-state index in [1.807, 2.05) is 12.1 Å². The molecular weight excluding hydrogens is 268 g/mol. The molecule has 5 nitrogen and oxygen atoms in total. The molecule has 1 fully saturated rings. The highest BCUT2D eigenvalue weighted by Gasteiger charge is 2.29.